The normalized spacial score (nSPS) is 18.5. The van der Waals surface area contributed by atoms with Crippen LogP contribution in [0.25, 0.3) is 0 Å². The Morgan fingerprint density at radius 1 is 1.42 bits per heavy atom. The molecule has 1 atom stereocenters. The van der Waals surface area contributed by atoms with E-state index in [1.54, 1.807) is 0 Å². The molecule has 1 fully saturated rings. The van der Waals surface area contributed by atoms with Gasteiger partial charge in [-0.15, -0.1) is 11.8 Å². The van der Waals surface area contributed by atoms with Gasteiger partial charge in [-0.25, -0.2) is 9.48 Å². The SMILES string of the molecule is O=C(O)C1CSCN1C(=O)Cn1[nH]c(=O)ccc1=O. The van der Waals surface area contributed by atoms with Crippen molar-refractivity contribution in [2.45, 2.75) is 12.6 Å². The van der Waals surface area contributed by atoms with Crippen molar-refractivity contribution in [1.29, 1.82) is 0 Å². The van der Waals surface area contributed by atoms with Gasteiger partial charge in [-0.05, 0) is 0 Å². The summed E-state index contributed by atoms with van der Waals surface area (Å²) >= 11 is 1.33. The molecule has 1 aliphatic rings. The number of hydrogen-bond donors (Lipinski definition) is 2. The lowest BCUT2D eigenvalue weighted by molar-refractivity contribution is -0.148. The molecule has 1 unspecified atom stereocenters. The Morgan fingerprint density at radius 3 is 2.84 bits per heavy atom. The number of carbonyl (C=O) groups is 2. The van der Waals surface area contributed by atoms with E-state index >= 15 is 0 Å². The first kappa shape index (κ1) is 13.4. The lowest BCUT2D eigenvalue weighted by Crippen LogP contribution is -2.45. The molecule has 8 nitrogen and oxygen atoms in total. The molecule has 0 saturated carbocycles. The maximum Gasteiger partial charge on any atom is 0.327 e. The van der Waals surface area contributed by atoms with Crippen LogP contribution in [0.1, 0.15) is 0 Å². The number of carbonyl (C=O) groups excluding carboxylic acids is 1. The Labute approximate surface area is 111 Å². The van der Waals surface area contributed by atoms with E-state index < -0.39 is 29.0 Å². The minimum atomic E-state index is -1.08. The van der Waals surface area contributed by atoms with Gasteiger partial charge < -0.3 is 10.0 Å². The molecule has 9 heteroatoms. The molecule has 2 N–H and O–H groups in total. The molecule has 0 aromatic carbocycles. The van der Waals surface area contributed by atoms with Crippen LogP contribution in [0.15, 0.2) is 21.7 Å². The second-order valence-corrected chi connectivity index (χ2v) is 4.95. The molecule has 2 heterocycles. The van der Waals surface area contributed by atoms with Gasteiger partial charge in [0.2, 0.25) is 5.91 Å². The van der Waals surface area contributed by atoms with Gasteiger partial charge in [0.05, 0.1) is 5.88 Å². The van der Waals surface area contributed by atoms with Crippen LogP contribution in [0.5, 0.6) is 0 Å². The van der Waals surface area contributed by atoms with Crippen molar-refractivity contribution in [1.82, 2.24) is 14.7 Å². The Balaban J connectivity index is 2.17. The molecule has 19 heavy (non-hydrogen) atoms. The van der Waals surface area contributed by atoms with Crippen molar-refractivity contribution in [3.05, 3.63) is 32.8 Å². The van der Waals surface area contributed by atoms with E-state index in [4.69, 9.17) is 5.11 Å². The number of thioether (sulfide) groups is 1. The van der Waals surface area contributed by atoms with Crippen molar-refractivity contribution in [2.24, 2.45) is 0 Å². The number of aliphatic carboxylic acids is 1. The van der Waals surface area contributed by atoms with Crippen LogP contribution in [-0.2, 0) is 16.1 Å². The van der Waals surface area contributed by atoms with Crippen molar-refractivity contribution < 1.29 is 14.7 Å². The quantitative estimate of drug-likeness (QED) is 0.700. The summed E-state index contributed by atoms with van der Waals surface area (Å²) in [6, 6.07) is 1.23. The molecule has 0 spiro atoms. The molecule has 1 saturated heterocycles. The number of H-pyrrole nitrogens is 1. The van der Waals surface area contributed by atoms with Gasteiger partial charge in [0.15, 0.2) is 0 Å². The predicted molar refractivity (Wildman–Crippen MR) is 66.9 cm³/mol. The maximum atomic E-state index is 12.0. The highest BCUT2D eigenvalue weighted by Gasteiger charge is 2.34. The van der Waals surface area contributed by atoms with Crippen molar-refractivity contribution in [2.75, 3.05) is 11.6 Å². The molecule has 1 aromatic rings. The lowest BCUT2D eigenvalue weighted by atomic mass is 10.3. The molecule has 0 radical (unpaired) electrons. The first-order valence-electron chi connectivity index (χ1n) is 5.39. The molecular weight excluding hydrogens is 274 g/mol. The van der Waals surface area contributed by atoms with E-state index in [-0.39, 0.29) is 12.4 Å². The van der Waals surface area contributed by atoms with Gasteiger partial charge in [0.25, 0.3) is 11.1 Å². The standard InChI is InChI=1S/C10H11N3O5S/c14-7-1-2-8(15)13(11-7)3-9(16)12-5-19-4-6(12)10(17)18/h1-2,6H,3-5H2,(H,11,14)(H,17,18). The van der Waals surface area contributed by atoms with E-state index in [2.05, 4.69) is 5.10 Å². The van der Waals surface area contributed by atoms with Crippen LogP contribution in [0, 0.1) is 0 Å². The number of carboxylic acids is 1. The molecule has 0 aliphatic carbocycles. The van der Waals surface area contributed by atoms with Crippen molar-refractivity contribution in [3.63, 3.8) is 0 Å². The molecule has 2 rings (SSSR count). The van der Waals surface area contributed by atoms with Crippen LogP contribution in [0.2, 0.25) is 0 Å². The zero-order valence-electron chi connectivity index (χ0n) is 9.74. The van der Waals surface area contributed by atoms with Gasteiger partial charge >= 0.3 is 5.97 Å². The van der Waals surface area contributed by atoms with Crippen LogP contribution in [-0.4, -0.2) is 49.3 Å². The van der Waals surface area contributed by atoms with Crippen LogP contribution < -0.4 is 11.1 Å². The number of rotatable bonds is 3. The number of carboxylic acid groups (broad SMARTS) is 1. The van der Waals surface area contributed by atoms with E-state index in [1.807, 2.05) is 0 Å². The summed E-state index contributed by atoms with van der Waals surface area (Å²) in [5.74, 6) is -1.00. The van der Waals surface area contributed by atoms with E-state index in [9.17, 15) is 19.2 Å². The highest BCUT2D eigenvalue weighted by molar-refractivity contribution is 7.99. The van der Waals surface area contributed by atoms with Crippen LogP contribution >= 0.6 is 11.8 Å². The lowest BCUT2D eigenvalue weighted by Gasteiger charge is -2.20. The Bertz CT molecular complexity index is 622. The van der Waals surface area contributed by atoms with E-state index in [0.29, 0.717) is 5.75 Å². The van der Waals surface area contributed by atoms with Gasteiger partial charge in [-0.3, -0.25) is 19.5 Å². The third kappa shape index (κ3) is 2.87. The third-order valence-corrected chi connectivity index (χ3v) is 3.68. The predicted octanol–water partition coefficient (Wildman–Crippen LogP) is -1.48. The second-order valence-electron chi connectivity index (χ2n) is 3.95. The molecule has 0 bridgehead atoms. The molecule has 1 amide bonds. The highest BCUT2D eigenvalue weighted by Crippen LogP contribution is 2.21. The van der Waals surface area contributed by atoms with E-state index in [1.165, 1.54) is 16.7 Å². The number of hydrogen-bond acceptors (Lipinski definition) is 5. The average molecular weight is 285 g/mol. The maximum absolute atomic E-state index is 12.0. The summed E-state index contributed by atoms with van der Waals surface area (Å²) in [5.41, 5.74) is -1.02. The average Bonchev–Trinajstić information content (AvgIpc) is 2.83. The van der Waals surface area contributed by atoms with Crippen molar-refractivity contribution in [3.8, 4) is 0 Å². The number of aromatic amines is 1. The third-order valence-electron chi connectivity index (χ3n) is 2.67. The second kappa shape index (κ2) is 5.31. The largest absolute Gasteiger partial charge is 0.480 e. The fourth-order valence-electron chi connectivity index (χ4n) is 1.70. The Morgan fingerprint density at radius 2 is 2.16 bits per heavy atom. The zero-order valence-corrected chi connectivity index (χ0v) is 10.6. The van der Waals surface area contributed by atoms with Crippen LogP contribution in [0.4, 0.5) is 0 Å². The first-order valence-corrected chi connectivity index (χ1v) is 6.54. The summed E-state index contributed by atoms with van der Waals surface area (Å²) in [6.07, 6.45) is 0. The summed E-state index contributed by atoms with van der Waals surface area (Å²) in [6.45, 7) is -0.376. The smallest absolute Gasteiger partial charge is 0.327 e. The monoisotopic (exact) mass is 285 g/mol. The first-order chi connectivity index (χ1) is 8.99. The topological polar surface area (TPSA) is 112 Å². The van der Waals surface area contributed by atoms with E-state index in [0.717, 1.165) is 16.8 Å². The summed E-state index contributed by atoms with van der Waals surface area (Å²) in [7, 11) is 0. The minimum absolute atomic E-state index is 0.265. The van der Waals surface area contributed by atoms with Gasteiger partial charge in [0, 0.05) is 17.9 Å². The number of nitrogens with one attached hydrogen (secondary N) is 1. The molecule has 1 aromatic heterocycles. The fourth-order valence-corrected chi connectivity index (χ4v) is 2.87. The summed E-state index contributed by atoms with van der Waals surface area (Å²) < 4.78 is 0.868. The Hall–Kier alpha value is -2.03. The molecule has 1 aliphatic heterocycles. The fraction of sp³-hybridized carbons (Fsp3) is 0.400. The van der Waals surface area contributed by atoms with Crippen LogP contribution in [0.3, 0.4) is 0 Å². The summed E-state index contributed by atoms with van der Waals surface area (Å²) in [5, 5.41) is 11.2. The van der Waals surface area contributed by atoms with Gasteiger partial charge in [-0.2, -0.15) is 0 Å². The van der Waals surface area contributed by atoms with Gasteiger partial charge in [-0.1, -0.05) is 0 Å². The number of aromatic nitrogens is 2. The minimum Gasteiger partial charge on any atom is -0.480 e. The Kier molecular flexibility index (Phi) is 3.74. The molecular formula is C10H11N3O5S. The summed E-state index contributed by atoms with van der Waals surface area (Å²) in [4.78, 5) is 46.6. The zero-order chi connectivity index (χ0) is 14.0. The molecule has 102 valence electrons. The number of amides is 1. The van der Waals surface area contributed by atoms with Crippen molar-refractivity contribution >= 4 is 23.6 Å². The highest BCUT2D eigenvalue weighted by atomic mass is 32.2. The number of nitrogens with zero attached hydrogens (tertiary/aromatic N) is 2. The van der Waals surface area contributed by atoms with Gasteiger partial charge in [0.1, 0.15) is 12.6 Å².